The van der Waals surface area contributed by atoms with E-state index >= 15 is 0 Å². The predicted octanol–water partition coefficient (Wildman–Crippen LogP) is 33.0. The fourth-order valence-electron chi connectivity index (χ4n) is 15.7. The number of alkyl halides is 3. The maximum atomic E-state index is 14.9. The van der Waals surface area contributed by atoms with E-state index in [0.717, 1.165) is 74.0 Å². The molecule has 1 unspecified atom stereocenters. The lowest BCUT2D eigenvalue weighted by Crippen LogP contribution is -2.23. The number of ether oxygens (including phenoxy) is 1. The number of rotatable bonds is 12. The monoisotopic (exact) mass is 2150 g/mol. The molecule has 14 aromatic carbocycles. The number of sulfone groups is 1. The Balaban J connectivity index is 0.000000212. The molecule has 0 N–H and O–H groups in total. The molecule has 26 heteroatoms. The van der Waals surface area contributed by atoms with Crippen molar-refractivity contribution in [1.82, 2.24) is 0 Å². The number of halogens is 12. The lowest BCUT2D eigenvalue weighted by atomic mass is 9.85. The fraction of sp³-hybridized carbons (Fsp3) is 0.268. The first-order valence-corrected chi connectivity index (χ1v) is 53.5. The Morgan fingerprint density at radius 2 is 0.597 bits per heavy atom. The van der Waals surface area contributed by atoms with E-state index in [1.54, 1.807) is 148 Å². The van der Waals surface area contributed by atoms with Crippen LogP contribution in [0.1, 0.15) is 190 Å². The summed E-state index contributed by atoms with van der Waals surface area (Å²) in [5, 5.41) is 9.57. The van der Waals surface area contributed by atoms with Gasteiger partial charge < -0.3 is 4.74 Å². The van der Waals surface area contributed by atoms with Crippen molar-refractivity contribution >= 4 is 67.4 Å². The van der Waals surface area contributed by atoms with Crippen molar-refractivity contribution in [2.45, 2.75) is 208 Å². The minimum atomic E-state index is -5.56. The van der Waals surface area contributed by atoms with Crippen LogP contribution in [0, 0.1) is 52.1 Å². The van der Waals surface area contributed by atoms with Gasteiger partial charge in [-0.3, -0.25) is 28.2 Å². The van der Waals surface area contributed by atoms with Crippen molar-refractivity contribution in [3.05, 3.63) is 438 Å². The number of hydrogen-bond donors (Lipinski definition) is 0. The zero-order valence-electron chi connectivity index (χ0n) is 88.0. The third kappa shape index (κ3) is 31.5. The highest BCUT2D eigenvalue weighted by atomic mass is 35.5. The number of nitrogens with zero attached hydrogens (tertiary/aromatic N) is 1. The zero-order valence-corrected chi connectivity index (χ0v) is 92.8. The summed E-state index contributed by atoms with van der Waals surface area (Å²) in [6, 6.07) is 79.5. The highest BCUT2D eigenvalue weighted by Gasteiger charge is 2.47. The second kappa shape index (κ2) is 50.8. The van der Waals surface area contributed by atoms with Gasteiger partial charge in [0.15, 0.2) is 27.1 Å². The van der Waals surface area contributed by atoms with Crippen LogP contribution in [0.2, 0.25) is 10.0 Å². The van der Waals surface area contributed by atoms with Gasteiger partial charge in [-0.2, -0.15) is 18.4 Å². The van der Waals surface area contributed by atoms with Crippen LogP contribution >= 0.6 is 46.7 Å². The molecule has 0 heterocycles. The quantitative estimate of drug-likeness (QED) is 0.0839. The molecule has 0 aromatic heterocycles. The minimum absolute atomic E-state index is 0.00871. The molecular weight excluding hydrogens is 2020 g/mol. The Hall–Kier alpha value is -12.6. The van der Waals surface area contributed by atoms with Gasteiger partial charge in [0.2, 0.25) is 0 Å². The standard InChI is InChI=1S/C18H16FNO.C18H19FO2.C18H19FOS.C18H20OS.C17H15ClF4O2S.C17H18ClFOS.C17H16F2O/c1-18(2,3)16-7-5-4-6-15(17(16)21)14-9-8-13(19)10-12(14)11-20;2*1-18(2,3)15-8-6-5-7-14(17(15)20)13-10-9-12(19)11-16(13)21-4;1-18(2,3)15-11-7-5-10-14(17(15)19)13-9-6-8-12-16(13)20-4;1-16(2,3)13-6-4-5-11(15(13)19)12-9-10(7-8-14(12)18)25(23,24)17(20,21)22;1-17(2,3)14-7-5-6-12(16(14)19)13-10-11(21(4)20)8-9-15(13)18;1-17(2,3)14-7-5-4-6-13(16(14)20)12-9-8-11(18)10-15(12)19/h4-10H,1-3H3;2*5-11H,1-4H3;5-12H,1-4H3;4-9H,1-3H3;5-10H,1-4H3;4-10H,1-3H3. The minimum Gasteiger partial charge on any atom is -0.496 e. The molecule has 10 nitrogen and oxygen atoms in total. The summed E-state index contributed by atoms with van der Waals surface area (Å²) in [5.74, 6) is -3.11. The molecule has 149 heavy (non-hydrogen) atoms. The summed E-state index contributed by atoms with van der Waals surface area (Å²) < 4.78 is 175. The van der Waals surface area contributed by atoms with Crippen LogP contribution in [0.15, 0.2) is 335 Å². The van der Waals surface area contributed by atoms with Gasteiger partial charge in [0.05, 0.1) is 23.6 Å². The molecule has 0 radical (unpaired) electrons. The molecule has 14 rings (SSSR count). The molecule has 0 saturated heterocycles. The van der Waals surface area contributed by atoms with Crippen LogP contribution in [0.25, 0.3) is 77.9 Å². The van der Waals surface area contributed by atoms with Crippen LogP contribution in [0.5, 0.6) is 5.75 Å². The Kier molecular flexibility index (Phi) is 41.5. The maximum absolute atomic E-state index is 14.9. The number of nitriles is 1. The summed E-state index contributed by atoms with van der Waals surface area (Å²) >= 11 is 15.3. The number of thioether (sulfide) groups is 2. The molecule has 0 fully saturated rings. The van der Waals surface area contributed by atoms with E-state index in [9.17, 15) is 80.5 Å². The second-order valence-corrected chi connectivity index (χ2v) is 47.8. The number of hydrogen-bond acceptors (Lipinski definition) is 12. The highest BCUT2D eigenvalue weighted by molar-refractivity contribution is 7.99. The SMILES string of the molecule is CC(C)(C)c1cccc(-c2cc(S(=O)(=O)C(F)(F)F)ccc2Cl)c1F.CC(C)(C)c1ccccc(-c2ccc(F)cc2C#N)c1=O.CC(C)(C)c1ccccc(-c2ccc(F)cc2F)c1=O.COc1cc(F)ccc1-c1ccccc(C(C)(C)C)c1=O.CS(=O)c1ccc(Cl)c(-c2cccc(C(C)(C)C)c2F)c1.CSc1cc(F)ccc1-c1ccccc(C(C)(C)C)c1=O.CSc1ccccc1-c1ccccc(C(C)(C)C)c1=O. The van der Waals surface area contributed by atoms with Gasteiger partial charge in [0.1, 0.15) is 46.5 Å². The number of benzene rings is 9. The number of methoxy groups -OCH3 is 1. The maximum Gasteiger partial charge on any atom is 0.501 e. The van der Waals surface area contributed by atoms with Crippen molar-refractivity contribution < 1.29 is 61.3 Å². The average molecular weight is 2150 g/mol. The van der Waals surface area contributed by atoms with E-state index in [-0.39, 0.29) is 110 Å². The molecule has 0 amide bonds. The van der Waals surface area contributed by atoms with Gasteiger partial charge in [-0.1, -0.05) is 357 Å². The second-order valence-electron chi connectivity index (χ2n) is 42.0. The zero-order chi connectivity index (χ0) is 112. The molecular formula is C123H123Cl2F10NO9S4. The molecule has 0 saturated carbocycles. The Morgan fingerprint density at radius 1 is 0.309 bits per heavy atom. The summed E-state index contributed by atoms with van der Waals surface area (Å²) in [6.07, 6.45) is 5.52. The van der Waals surface area contributed by atoms with Crippen molar-refractivity contribution in [2.24, 2.45) is 0 Å². The van der Waals surface area contributed by atoms with E-state index in [2.05, 4.69) is 26.8 Å². The van der Waals surface area contributed by atoms with E-state index in [1.807, 2.05) is 213 Å². The smallest absolute Gasteiger partial charge is 0.496 e. The predicted molar refractivity (Wildman–Crippen MR) is 596 cm³/mol. The first-order valence-electron chi connectivity index (χ1n) is 47.3. The van der Waals surface area contributed by atoms with Gasteiger partial charge >= 0.3 is 5.51 Å². The molecule has 0 spiro atoms. The lowest BCUT2D eigenvalue weighted by Gasteiger charge is -2.21. The molecule has 0 bridgehead atoms. The fourth-order valence-corrected chi connectivity index (χ4v) is 18.8. The van der Waals surface area contributed by atoms with Crippen molar-refractivity contribution in [3.63, 3.8) is 0 Å². The normalized spacial score (nSPS) is 11.9. The molecule has 0 aliphatic carbocycles. The van der Waals surface area contributed by atoms with Crippen molar-refractivity contribution in [1.29, 1.82) is 5.26 Å². The van der Waals surface area contributed by atoms with Gasteiger partial charge in [0.25, 0.3) is 9.84 Å². The van der Waals surface area contributed by atoms with Gasteiger partial charge in [-0.15, -0.1) is 23.5 Å². The average Bonchev–Trinajstić information content (AvgIpc) is 1.71. The van der Waals surface area contributed by atoms with Gasteiger partial charge in [-0.25, -0.2) is 39.2 Å². The summed E-state index contributed by atoms with van der Waals surface area (Å²) in [4.78, 5) is 65.5. The van der Waals surface area contributed by atoms with E-state index in [0.29, 0.717) is 82.4 Å². The first-order chi connectivity index (χ1) is 69.3. The van der Waals surface area contributed by atoms with Crippen LogP contribution in [-0.2, 0) is 58.5 Å². The third-order valence-electron chi connectivity index (χ3n) is 23.6. The van der Waals surface area contributed by atoms with E-state index in [1.165, 1.54) is 67.4 Å². The van der Waals surface area contributed by atoms with E-state index < -0.39 is 59.7 Å². The van der Waals surface area contributed by atoms with Gasteiger partial charge in [0, 0.05) is 148 Å². The summed E-state index contributed by atoms with van der Waals surface area (Å²) in [6.45, 7) is 41.2. The van der Waals surface area contributed by atoms with Crippen molar-refractivity contribution in [2.75, 3.05) is 25.9 Å². The molecule has 782 valence electrons. The molecule has 1 atom stereocenters. The van der Waals surface area contributed by atoms with Crippen LogP contribution in [-0.4, -0.2) is 44.0 Å². The Bertz CT molecular complexity index is 7640. The molecule has 0 aliphatic heterocycles. The molecule has 14 aromatic rings. The van der Waals surface area contributed by atoms with Crippen LogP contribution in [0.4, 0.5) is 43.9 Å². The van der Waals surface area contributed by atoms with E-state index in [4.69, 9.17) is 33.2 Å². The molecule has 0 aliphatic rings. The van der Waals surface area contributed by atoms with Crippen molar-refractivity contribution in [3.8, 4) is 89.7 Å². The third-order valence-corrected chi connectivity index (χ3v) is 28.2. The first kappa shape index (κ1) is 122. The lowest BCUT2D eigenvalue weighted by molar-refractivity contribution is -0.0436. The largest absolute Gasteiger partial charge is 0.501 e. The summed E-state index contributed by atoms with van der Waals surface area (Å²) in [7, 11) is -5.22. The van der Waals surface area contributed by atoms with Crippen LogP contribution < -0.4 is 31.9 Å². The van der Waals surface area contributed by atoms with Crippen LogP contribution in [0.3, 0.4) is 0 Å². The highest BCUT2D eigenvalue weighted by Crippen LogP contribution is 2.43. The van der Waals surface area contributed by atoms with Gasteiger partial charge in [-0.05, 0) is 164 Å². The Morgan fingerprint density at radius 3 is 0.953 bits per heavy atom. The summed E-state index contributed by atoms with van der Waals surface area (Å²) in [5.41, 5.74) is 3.28. The Labute approximate surface area is 888 Å². The topological polar surface area (TPSA) is 170 Å².